The molecule has 0 aromatic carbocycles. The fourth-order valence-electron chi connectivity index (χ4n) is 3.14. The molecule has 0 fully saturated rings. The van der Waals surface area contributed by atoms with Crippen LogP contribution in [0.5, 0.6) is 0 Å². The molecule has 0 radical (unpaired) electrons. The number of aliphatic carboxylic acids is 2. The zero-order valence-corrected chi connectivity index (χ0v) is 23.1. The zero-order valence-electron chi connectivity index (χ0n) is 18.3. The van der Waals surface area contributed by atoms with Crippen molar-refractivity contribution < 1.29 is 96.6 Å². The first kappa shape index (κ1) is 34.4. The smallest absolute Gasteiger partial charge is 0.548 e. The summed E-state index contributed by atoms with van der Waals surface area (Å²) < 4.78 is 34.7. The van der Waals surface area contributed by atoms with E-state index in [1.165, 1.54) is 32.6 Å². The molecule has 0 aliphatic rings. The number of hydrogen-bond acceptors (Lipinski definition) is 7. The maximum atomic E-state index is 11.8. The van der Waals surface area contributed by atoms with Crippen LogP contribution in [0.15, 0.2) is 0 Å². The molecule has 160 valence electrons. The van der Waals surface area contributed by atoms with Gasteiger partial charge in [-0.15, -0.1) is 0 Å². The minimum atomic E-state index is -5.31. The van der Waals surface area contributed by atoms with Crippen molar-refractivity contribution in [2.45, 2.75) is 95.3 Å². The summed E-state index contributed by atoms with van der Waals surface area (Å²) in [7, 11) is -5.31. The molecular weight excluding hydrogens is 422 g/mol. The van der Waals surface area contributed by atoms with Gasteiger partial charge in [0.2, 0.25) is 0 Å². The Morgan fingerprint density at radius 2 is 1.31 bits per heavy atom. The van der Waals surface area contributed by atoms with Gasteiger partial charge in [0.1, 0.15) is 6.10 Å². The quantitative estimate of drug-likeness (QED) is 0.131. The van der Waals surface area contributed by atoms with Crippen LogP contribution < -0.4 is 69.3 Å². The Labute approximate surface area is 218 Å². The van der Waals surface area contributed by atoms with E-state index in [4.69, 9.17) is 4.74 Å². The Hall–Kier alpha value is 0.810. The number of hydrogen-bond donors (Lipinski definition) is 1. The van der Waals surface area contributed by atoms with E-state index in [-0.39, 0.29) is 72.1 Å². The van der Waals surface area contributed by atoms with Gasteiger partial charge in [-0.05, 0) is 13.3 Å². The Bertz CT molecular complexity index is 556. The Kier molecular flexibility index (Phi) is 21.8. The molecule has 2 atom stereocenters. The summed E-state index contributed by atoms with van der Waals surface area (Å²) in [6.45, 7) is 3.26. The summed E-state index contributed by atoms with van der Waals surface area (Å²) in [5, 5.41) is 22.8. The number of rotatable bonds is 17. The molecule has 0 amide bonds. The van der Waals surface area contributed by atoms with Crippen LogP contribution >= 0.6 is 0 Å². The fourth-order valence-corrected chi connectivity index (χ4v) is 4.19. The average Bonchev–Trinajstić information content (AvgIpc) is 2.56. The summed E-state index contributed by atoms with van der Waals surface area (Å²) in [4.78, 5) is 22.8. The van der Waals surface area contributed by atoms with Gasteiger partial charge in [0.05, 0.1) is 11.9 Å². The second kappa shape index (κ2) is 18.4. The predicted molar refractivity (Wildman–Crippen MR) is 96.2 cm³/mol. The monoisotopic (exact) mass is 454 g/mol. The van der Waals surface area contributed by atoms with Gasteiger partial charge >= 0.3 is 59.1 Å². The molecule has 0 saturated carbocycles. The van der Waals surface area contributed by atoms with Crippen molar-refractivity contribution in [2.24, 2.45) is 0 Å². The first-order valence-corrected chi connectivity index (χ1v) is 11.1. The predicted octanol–water partition coefficient (Wildman–Crippen LogP) is -5.16. The molecular formula is C18H32Na2O8S. The molecule has 8 nitrogen and oxygen atoms in total. The van der Waals surface area contributed by atoms with Crippen LogP contribution in [0.25, 0.3) is 0 Å². The number of carbonyl (C=O) groups is 2. The SMILES string of the molecule is CCCCCCCCCCCCC(C(=O)[O-])(C(OCC)C(=O)[O-])S(=O)(=O)O.[Na+].[Na+]. The first-order valence-electron chi connectivity index (χ1n) is 9.66. The van der Waals surface area contributed by atoms with E-state index >= 15 is 0 Å². The molecule has 0 spiro atoms. The van der Waals surface area contributed by atoms with Gasteiger partial charge < -0.3 is 24.5 Å². The van der Waals surface area contributed by atoms with E-state index in [0.29, 0.717) is 6.42 Å². The summed E-state index contributed by atoms with van der Waals surface area (Å²) in [5.74, 6) is -4.23. The second-order valence-electron chi connectivity index (χ2n) is 6.74. The molecule has 0 aliphatic carbocycles. The Morgan fingerprint density at radius 3 is 1.62 bits per heavy atom. The van der Waals surface area contributed by atoms with Crippen LogP contribution in [-0.2, 0) is 24.4 Å². The topological polar surface area (TPSA) is 144 Å². The standard InChI is InChI=1S/C18H34O8S.2Na/c1-3-5-6-7-8-9-10-11-12-13-14-18(17(21)22,27(23,24)25)15(16(19)20)26-4-2;;/h15H,3-14H2,1-2H3,(H,19,20)(H,21,22)(H,23,24,25);;/q;2*+1/p-2. The molecule has 0 rings (SSSR count). The first-order chi connectivity index (χ1) is 12.6. The van der Waals surface area contributed by atoms with E-state index in [2.05, 4.69) is 6.92 Å². The molecule has 0 aromatic rings. The summed E-state index contributed by atoms with van der Waals surface area (Å²) in [6, 6.07) is 0. The van der Waals surface area contributed by atoms with Crippen LogP contribution in [0.1, 0.15) is 84.5 Å². The normalized spacial score (nSPS) is 14.2. The fraction of sp³-hybridized carbons (Fsp3) is 0.889. The number of carbonyl (C=O) groups excluding carboxylic acids is 2. The largest absolute Gasteiger partial charge is 1.00 e. The Morgan fingerprint density at radius 1 is 0.897 bits per heavy atom. The van der Waals surface area contributed by atoms with Gasteiger partial charge in [-0.1, -0.05) is 71.1 Å². The number of carboxylic acid groups (broad SMARTS) is 2. The number of unbranched alkanes of at least 4 members (excludes halogenated alkanes) is 9. The third-order valence-electron chi connectivity index (χ3n) is 4.68. The third kappa shape index (κ3) is 11.8. The van der Waals surface area contributed by atoms with Crippen molar-refractivity contribution in [3.05, 3.63) is 0 Å². The van der Waals surface area contributed by atoms with E-state index in [9.17, 15) is 32.8 Å². The van der Waals surface area contributed by atoms with E-state index in [1.54, 1.807) is 0 Å². The van der Waals surface area contributed by atoms with E-state index in [0.717, 1.165) is 25.7 Å². The van der Waals surface area contributed by atoms with Gasteiger partial charge in [-0.2, -0.15) is 8.42 Å². The molecule has 0 saturated heterocycles. The van der Waals surface area contributed by atoms with Gasteiger partial charge in [0, 0.05) is 6.61 Å². The van der Waals surface area contributed by atoms with Crippen molar-refractivity contribution >= 4 is 22.1 Å². The summed E-state index contributed by atoms with van der Waals surface area (Å²) >= 11 is 0. The maximum Gasteiger partial charge on any atom is 1.00 e. The minimum Gasteiger partial charge on any atom is -0.548 e. The van der Waals surface area contributed by atoms with E-state index in [1.807, 2.05) is 0 Å². The van der Waals surface area contributed by atoms with Crippen LogP contribution in [0.4, 0.5) is 0 Å². The average molecular weight is 454 g/mol. The molecule has 1 N–H and O–H groups in total. The van der Waals surface area contributed by atoms with Gasteiger partial charge in [0.15, 0.2) is 4.75 Å². The molecule has 0 aromatic heterocycles. The van der Waals surface area contributed by atoms with Gasteiger partial charge in [0.25, 0.3) is 10.1 Å². The van der Waals surface area contributed by atoms with Crippen LogP contribution in [0.3, 0.4) is 0 Å². The van der Waals surface area contributed by atoms with E-state index < -0.39 is 39.3 Å². The summed E-state index contributed by atoms with van der Waals surface area (Å²) in [6.07, 6.45) is 6.25. The minimum absolute atomic E-state index is 0. The van der Waals surface area contributed by atoms with Crippen molar-refractivity contribution in [2.75, 3.05) is 6.61 Å². The van der Waals surface area contributed by atoms with Gasteiger partial charge in [-0.3, -0.25) is 4.55 Å². The van der Waals surface area contributed by atoms with Crippen LogP contribution in [0.2, 0.25) is 0 Å². The summed E-state index contributed by atoms with van der Waals surface area (Å²) in [5.41, 5.74) is 0. The third-order valence-corrected chi connectivity index (χ3v) is 6.18. The molecule has 0 aliphatic heterocycles. The van der Waals surface area contributed by atoms with Crippen LogP contribution in [0, 0.1) is 0 Å². The second-order valence-corrected chi connectivity index (χ2v) is 8.42. The molecule has 2 unspecified atom stereocenters. The van der Waals surface area contributed by atoms with Crippen molar-refractivity contribution in [1.82, 2.24) is 0 Å². The van der Waals surface area contributed by atoms with Crippen molar-refractivity contribution in [3.8, 4) is 0 Å². The number of ether oxygens (including phenoxy) is 1. The van der Waals surface area contributed by atoms with Crippen LogP contribution in [-0.4, -0.2) is 42.4 Å². The van der Waals surface area contributed by atoms with Crippen molar-refractivity contribution in [1.29, 1.82) is 0 Å². The zero-order chi connectivity index (χ0) is 20.9. The maximum absolute atomic E-state index is 11.8. The van der Waals surface area contributed by atoms with Gasteiger partial charge in [-0.25, -0.2) is 0 Å². The molecule has 0 bridgehead atoms. The molecule has 11 heteroatoms. The molecule has 29 heavy (non-hydrogen) atoms. The van der Waals surface area contributed by atoms with Crippen molar-refractivity contribution in [3.63, 3.8) is 0 Å². The molecule has 0 heterocycles. The number of carboxylic acids is 2. The Balaban J connectivity index is -0.00000338.